The van der Waals surface area contributed by atoms with Crippen LogP contribution in [0.3, 0.4) is 0 Å². The smallest absolute Gasteiger partial charge is 0.324 e. The summed E-state index contributed by atoms with van der Waals surface area (Å²) in [5.74, 6) is -0.630. The van der Waals surface area contributed by atoms with Crippen LogP contribution >= 0.6 is 22.7 Å². The predicted octanol–water partition coefficient (Wildman–Crippen LogP) is 2.32. The van der Waals surface area contributed by atoms with Gasteiger partial charge in [0.05, 0.1) is 27.4 Å². The molecule has 8 nitrogen and oxygen atoms in total. The summed E-state index contributed by atoms with van der Waals surface area (Å²) in [5, 5.41) is 15.9. The number of aromatic nitrogens is 2. The fourth-order valence-electron chi connectivity index (χ4n) is 2.88. The molecule has 1 aliphatic heterocycles. The fourth-order valence-corrected chi connectivity index (χ4v) is 4.77. The van der Waals surface area contributed by atoms with E-state index < -0.39 is 24.1 Å². The van der Waals surface area contributed by atoms with Crippen molar-refractivity contribution in [1.82, 2.24) is 14.9 Å². The maximum atomic E-state index is 12.5. The van der Waals surface area contributed by atoms with Crippen LogP contribution in [0.2, 0.25) is 0 Å². The molecular weight excluding hydrogens is 386 g/mol. The van der Waals surface area contributed by atoms with Crippen LogP contribution in [0.15, 0.2) is 5.38 Å². The average Bonchev–Trinajstić information content (AvgIpc) is 3.24. The summed E-state index contributed by atoms with van der Waals surface area (Å²) in [7, 11) is 0. The number of anilines is 1. The molecule has 2 unspecified atom stereocenters. The lowest BCUT2D eigenvalue weighted by molar-refractivity contribution is -0.121. The third-order valence-corrected chi connectivity index (χ3v) is 6.62. The van der Waals surface area contributed by atoms with Crippen LogP contribution in [0.1, 0.15) is 37.9 Å². The van der Waals surface area contributed by atoms with Gasteiger partial charge >= 0.3 is 6.03 Å². The molecule has 10 heteroatoms. The molecule has 2 aromatic heterocycles. The predicted molar refractivity (Wildman–Crippen MR) is 106 cm³/mol. The Labute approximate surface area is 165 Å². The van der Waals surface area contributed by atoms with E-state index in [1.165, 1.54) is 16.2 Å². The number of nitrogens with zero attached hydrogens (tertiary/aromatic N) is 3. The Balaban J connectivity index is 1.78. The number of aliphatic hydroxyl groups is 1. The number of thiazole rings is 2. The van der Waals surface area contributed by atoms with Gasteiger partial charge in [-0.25, -0.2) is 14.8 Å². The largest absolute Gasteiger partial charge is 0.391 e. The Bertz CT molecular complexity index is 870. The van der Waals surface area contributed by atoms with Crippen LogP contribution in [0.4, 0.5) is 9.93 Å². The van der Waals surface area contributed by atoms with Gasteiger partial charge in [0.15, 0.2) is 5.13 Å². The number of nitrogens with one attached hydrogen (secondary N) is 1. The topological polar surface area (TPSA) is 121 Å². The quantitative estimate of drug-likeness (QED) is 0.718. The number of aliphatic hydroxyl groups excluding tert-OH is 1. The molecule has 3 heterocycles. The fraction of sp³-hybridized carbons (Fsp3) is 0.529. The summed E-state index contributed by atoms with van der Waals surface area (Å²) in [6.07, 6.45) is -0.605. The van der Waals surface area contributed by atoms with Crippen molar-refractivity contribution in [3.63, 3.8) is 0 Å². The molecule has 27 heavy (non-hydrogen) atoms. The van der Waals surface area contributed by atoms with Gasteiger partial charge in [0.1, 0.15) is 6.04 Å². The lowest BCUT2D eigenvalue weighted by atomic mass is 9.98. The van der Waals surface area contributed by atoms with Gasteiger partial charge in [0.25, 0.3) is 0 Å². The molecule has 2 atom stereocenters. The number of rotatable bonds is 3. The Hall–Kier alpha value is -2.04. The molecule has 1 aliphatic rings. The maximum Gasteiger partial charge on any atom is 0.324 e. The van der Waals surface area contributed by atoms with Crippen molar-refractivity contribution in [1.29, 1.82) is 0 Å². The van der Waals surface area contributed by atoms with E-state index in [0.29, 0.717) is 5.13 Å². The Morgan fingerprint density at radius 2 is 2.07 bits per heavy atom. The molecule has 2 aromatic rings. The van der Waals surface area contributed by atoms with Crippen molar-refractivity contribution in [2.75, 3.05) is 11.9 Å². The van der Waals surface area contributed by atoms with Crippen LogP contribution in [0.25, 0.3) is 10.6 Å². The molecule has 0 aliphatic carbocycles. The first-order chi connectivity index (χ1) is 12.6. The second kappa shape index (κ2) is 7.17. The molecule has 0 spiro atoms. The number of likely N-dealkylation sites (tertiary alicyclic amines) is 1. The Morgan fingerprint density at radius 1 is 1.37 bits per heavy atom. The van der Waals surface area contributed by atoms with Gasteiger partial charge in [0, 0.05) is 23.8 Å². The summed E-state index contributed by atoms with van der Waals surface area (Å²) >= 11 is 2.93. The zero-order chi connectivity index (χ0) is 19.9. The van der Waals surface area contributed by atoms with Crippen molar-refractivity contribution in [2.45, 2.75) is 51.7 Å². The lowest BCUT2D eigenvalue weighted by Crippen LogP contribution is -2.45. The van der Waals surface area contributed by atoms with Crippen molar-refractivity contribution < 1.29 is 14.7 Å². The van der Waals surface area contributed by atoms with Gasteiger partial charge in [0.2, 0.25) is 5.91 Å². The molecule has 0 radical (unpaired) electrons. The van der Waals surface area contributed by atoms with Gasteiger partial charge in [-0.3, -0.25) is 10.1 Å². The summed E-state index contributed by atoms with van der Waals surface area (Å²) in [4.78, 5) is 35.3. The minimum atomic E-state index is -0.812. The second-order valence-corrected chi connectivity index (χ2v) is 9.47. The molecule has 0 bridgehead atoms. The number of primary amides is 1. The lowest BCUT2D eigenvalue weighted by Gasteiger charge is -2.21. The SMILES string of the molecule is Cc1nc(NC(=O)N2CC(O)CC2C(N)=O)sc1-c1csc(C(C)(C)C)n1. The molecule has 1 fully saturated rings. The summed E-state index contributed by atoms with van der Waals surface area (Å²) in [5.41, 5.74) is 6.91. The molecule has 3 rings (SSSR count). The molecule has 3 amide bonds. The number of hydrogen-bond acceptors (Lipinski definition) is 7. The number of carbonyl (C=O) groups excluding carboxylic acids is 2. The number of β-amino-alcohol motifs (C(OH)–C–C–N with tert-alkyl or cyclic N) is 1. The molecule has 1 saturated heterocycles. The summed E-state index contributed by atoms with van der Waals surface area (Å²) < 4.78 is 0. The van der Waals surface area contributed by atoms with Crippen molar-refractivity contribution in [2.24, 2.45) is 5.73 Å². The third-order valence-electron chi connectivity index (χ3n) is 4.26. The summed E-state index contributed by atoms with van der Waals surface area (Å²) in [6.45, 7) is 8.27. The van der Waals surface area contributed by atoms with E-state index in [1.807, 2.05) is 12.3 Å². The van der Waals surface area contributed by atoms with E-state index in [4.69, 9.17) is 10.7 Å². The highest BCUT2D eigenvalue weighted by molar-refractivity contribution is 7.19. The summed E-state index contributed by atoms with van der Waals surface area (Å²) in [6, 6.07) is -1.31. The van der Waals surface area contributed by atoms with Crippen molar-refractivity contribution >= 4 is 39.7 Å². The van der Waals surface area contributed by atoms with E-state index in [2.05, 4.69) is 31.1 Å². The van der Waals surface area contributed by atoms with Crippen LogP contribution < -0.4 is 11.1 Å². The molecule has 4 N–H and O–H groups in total. The highest BCUT2D eigenvalue weighted by atomic mass is 32.1. The van der Waals surface area contributed by atoms with Crippen LogP contribution in [-0.2, 0) is 10.2 Å². The zero-order valence-corrected chi connectivity index (χ0v) is 17.3. The number of hydrogen-bond donors (Lipinski definition) is 3. The van der Waals surface area contributed by atoms with Crippen LogP contribution in [-0.4, -0.2) is 50.6 Å². The van der Waals surface area contributed by atoms with E-state index in [-0.39, 0.29) is 18.4 Å². The minimum Gasteiger partial charge on any atom is -0.391 e. The van der Waals surface area contributed by atoms with Gasteiger partial charge in [-0.15, -0.1) is 11.3 Å². The Kier molecular flexibility index (Phi) is 5.24. The van der Waals surface area contributed by atoms with Gasteiger partial charge in [-0.05, 0) is 6.92 Å². The highest BCUT2D eigenvalue weighted by Crippen LogP contribution is 2.36. The molecular formula is C17H23N5O3S2. The maximum absolute atomic E-state index is 12.5. The second-order valence-electron chi connectivity index (χ2n) is 7.61. The molecule has 0 aromatic carbocycles. The number of urea groups is 1. The minimum absolute atomic E-state index is 0.0289. The molecule has 146 valence electrons. The first-order valence-corrected chi connectivity index (χ1v) is 10.2. The average molecular weight is 410 g/mol. The zero-order valence-electron chi connectivity index (χ0n) is 15.6. The van der Waals surface area contributed by atoms with E-state index in [1.54, 1.807) is 11.3 Å². The standard InChI is InChI=1S/C17H23N5O3S2/c1-8-12(10-7-26-14(20-10)17(2,3)4)27-15(19-8)21-16(25)22-6-9(23)5-11(22)13(18)24/h7,9,11,23H,5-6H2,1-4H3,(H2,18,24)(H,19,21,25). The van der Waals surface area contributed by atoms with Crippen LogP contribution in [0.5, 0.6) is 0 Å². The van der Waals surface area contributed by atoms with Gasteiger partial charge < -0.3 is 15.7 Å². The van der Waals surface area contributed by atoms with Crippen LogP contribution in [0, 0.1) is 6.92 Å². The van der Waals surface area contributed by atoms with E-state index in [9.17, 15) is 14.7 Å². The monoisotopic (exact) mass is 409 g/mol. The normalized spacial score (nSPS) is 20.1. The number of carbonyl (C=O) groups is 2. The Morgan fingerprint density at radius 3 is 2.67 bits per heavy atom. The first kappa shape index (κ1) is 19.7. The number of amides is 3. The van der Waals surface area contributed by atoms with Crippen molar-refractivity contribution in [3.05, 3.63) is 16.1 Å². The number of nitrogens with two attached hydrogens (primary N) is 1. The van der Waals surface area contributed by atoms with E-state index >= 15 is 0 Å². The van der Waals surface area contributed by atoms with E-state index in [0.717, 1.165) is 21.3 Å². The number of aryl methyl sites for hydroxylation is 1. The van der Waals surface area contributed by atoms with Crippen molar-refractivity contribution in [3.8, 4) is 10.6 Å². The third kappa shape index (κ3) is 4.12. The van der Waals surface area contributed by atoms with Gasteiger partial charge in [-0.2, -0.15) is 0 Å². The van der Waals surface area contributed by atoms with Gasteiger partial charge in [-0.1, -0.05) is 32.1 Å². The first-order valence-electron chi connectivity index (χ1n) is 8.55. The molecule has 0 saturated carbocycles. The highest BCUT2D eigenvalue weighted by Gasteiger charge is 2.38.